The van der Waals surface area contributed by atoms with E-state index in [2.05, 4.69) is 10.5 Å². The van der Waals surface area contributed by atoms with E-state index in [0.29, 0.717) is 12.2 Å². The molecule has 0 saturated heterocycles. The molecule has 27 heavy (non-hydrogen) atoms. The summed E-state index contributed by atoms with van der Waals surface area (Å²) in [6.45, 7) is 0.431. The number of aromatic nitrogens is 1. The Labute approximate surface area is 158 Å². The fourth-order valence-corrected chi connectivity index (χ4v) is 2.85. The average molecular weight is 365 g/mol. The molecule has 0 aliphatic heterocycles. The lowest BCUT2D eigenvalue weighted by molar-refractivity contribution is 0.0905. The van der Waals surface area contributed by atoms with Crippen molar-refractivity contribution in [3.8, 4) is 17.0 Å². The number of nitrogens with zero attached hydrogens (tertiary/aromatic N) is 2. The maximum absolute atomic E-state index is 12.5. The lowest BCUT2D eigenvalue weighted by Gasteiger charge is -2.25. The van der Waals surface area contributed by atoms with Gasteiger partial charge in [-0.15, -0.1) is 0 Å². The number of amides is 1. The second kappa shape index (κ2) is 8.51. The van der Waals surface area contributed by atoms with Gasteiger partial charge in [0.2, 0.25) is 5.76 Å². The second-order valence-electron chi connectivity index (χ2n) is 6.41. The molecule has 1 unspecified atom stereocenters. The SMILES string of the molecule is COc1cccc(C(CNC(=O)c2cc(-c3ccccc3)no2)N(C)C)c1. The molecular formula is C21H23N3O3. The smallest absolute Gasteiger partial charge is 0.289 e. The molecule has 2 aromatic carbocycles. The summed E-state index contributed by atoms with van der Waals surface area (Å²) in [5.74, 6) is 0.685. The number of benzene rings is 2. The van der Waals surface area contributed by atoms with Gasteiger partial charge < -0.3 is 19.5 Å². The lowest BCUT2D eigenvalue weighted by Crippen LogP contribution is -2.34. The predicted molar refractivity (Wildman–Crippen MR) is 104 cm³/mol. The minimum absolute atomic E-state index is 0.000523. The highest BCUT2D eigenvalue weighted by molar-refractivity contribution is 5.92. The summed E-state index contributed by atoms with van der Waals surface area (Å²) in [4.78, 5) is 14.5. The number of ether oxygens (including phenoxy) is 1. The molecule has 0 fully saturated rings. The van der Waals surface area contributed by atoms with Crippen molar-refractivity contribution in [2.24, 2.45) is 0 Å². The minimum atomic E-state index is -0.292. The summed E-state index contributed by atoms with van der Waals surface area (Å²) in [6, 6.07) is 19.1. The molecule has 3 rings (SSSR count). The van der Waals surface area contributed by atoms with Gasteiger partial charge in [-0.3, -0.25) is 4.79 Å². The van der Waals surface area contributed by atoms with Crippen LogP contribution in [0.3, 0.4) is 0 Å². The Hall–Kier alpha value is -3.12. The zero-order chi connectivity index (χ0) is 19.2. The van der Waals surface area contributed by atoms with Gasteiger partial charge in [-0.05, 0) is 31.8 Å². The number of rotatable bonds is 7. The van der Waals surface area contributed by atoms with Crippen molar-refractivity contribution < 1.29 is 14.1 Å². The standard InChI is InChI=1S/C21H23N3O3/c1-24(2)19(16-10-7-11-17(12-16)26-3)14-22-21(25)20-13-18(23-27-20)15-8-5-4-6-9-15/h4-13,19H,14H2,1-3H3,(H,22,25). The van der Waals surface area contributed by atoms with Crippen molar-refractivity contribution in [3.05, 3.63) is 72.0 Å². The molecule has 1 N–H and O–H groups in total. The van der Waals surface area contributed by atoms with Gasteiger partial charge in [0.1, 0.15) is 11.4 Å². The van der Waals surface area contributed by atoms with Crippen molar-refractivity contribution >= 4 is 5.91 Å². The molecule has 0 aliphatic rings. The molecular weight excluding hydrogens is 342 g/mol. The Morgan fingerprint density at radius 2 is 1.93 bits per heavy atom. The van der Waals surface area contributed by atoms with E-state index in [0.717, 1.165) is 16.9 Å². The second-order valence-corrected chi connectivity index (χ2v) is 6.41. The van der Waals surface area contributed by atoms with Gasteiger partial charge in [0.15, 0.2) is 0 Å². The summed E-state index contributed by atoms with van der Waals surface area (Å²) < 4.78 is 10.5. The Balaban J connectivity index is 1.69. The third-order valence-electron chi connectivity index (χ3n) is 4.36. The van der Waals surface area contributed by atoms with Crippen LogP contribution < -0.4 is 10.1 Å². The van der Waals surface area contributed by atoms with E-state index in [1.54, 1.807) is 13.2 Å². The van der Waals surface area contributed by atoms with Crippen LogP contribution in [-0.2, 0) is 0 Å². The number of nitrogens with one attached hydrogen (secondary N) is 1. The van der Waals surface area contributed by atoms with Crippen LogP contribution in [0, 0.1) is 0 Å². The maximum Gasteiger partial charge on any atom is 0.289 e. The van der Waals surface area contributed by atoms with Crippen LogP contribution in [0.4, 0.5) is 0 Å². The number of likely N-dealkylation sites (N-methyl/N-ethyl adjacent to an activating group) is 1. The van der Waals surface area contributed by atoms with Crippen LogP contribution in [0.5, 0.6) is 5.75 Å². The van der Waals surface area contributed by atoms with Gasteiger partial charge in [-0.25, -0.2) is 0 Å². The van der Waals surface area contributed by atoms with Crippen LogP contribution in [-0.4, -0.2) is 43.7 Å². The molecule has 0 radical (unpaired) electrons. The van der Waals surface area contributed by atoms with Crippen molar-refractivity contribution in [1.29, 1.82) is 0 Å². The fraction of sp³-hybridized carbons (Fsp3) is 0.238. The zero-order valence-electron chi connectivity index (χ0n) is 15.7. The van der Waals surface area contributed by atoms with Gasteiger partial charge >= 0.3 is 0 Å². The van der Waals surface area contributed by atoms with E-state index in [9.17, 15) is 4.79 Å². The molecule has 1 atom stereocenters. The van der Waals surface area contributed by atoms with Crippen LogP contribution in [0.15, 0.2) is 65.2 Å². The third-order valence-corrected chi connectivity index (χ3v) is 4.36. The van der Waals surface area contributed by atoms with Crippen LogP contribution in [0.25, 0.3) is 11.3 Å². The maximum atomic E-state index is 12.5. The highest BCUT2D eigenvalue weighted by atomic mass is 16.5. The van der Waals surface area contributed by atoms with Gasteiger partial charge in [0.25, 0.3) is 5.91 Å². The van der Waals surface area contributed by atoms with Gasteiger partial charge in [-0.2, -0.15) is 0 Å². The number of hydrogen-bond acceptors (Lipinski definition) is 5. The Bertz CT molecular complexity index is 890. The molecule has 0 aliphatic carbocycles. The summed E-state index contributed by atoms with van der Waals surface area (Å²) in [7, 11) is 5.58. The van der Waals surface area contributed by atoms with E-state index in [-0.39, 0.29) is 17.7 Å². The molecule has 0 bridgehead atoms. The number of carbonyl (C=O) groups excluding carboxylic acids is 1. The number of carbonyl (C=O) groups is 1. The molecule has 1 heterocycles. The topological polar surface area (TPSA) is 67.6 Å². The van der Waals surface area contributed by atoms with E-state index in [1.807, 2.05) is 73.6 Å². The Kier molecular flexibility index (Phi) is 5.88. The van der Waals surface area contributed by atoms with E-state index < -0.39 is 0 Å². The highest BCUT2D eigenvalue weighted by Crippen LogP contribution is 2.22. The minimum Gasteiger partial charge on any atom is -0.497 e. The molecule has 0 saturated carbocycles. The lowest BCUT2D eigenvalue weighted by atomic mass is 10.1. The van der Waals surface area contributed by atoms with E-state index in [1.165, 1.54) is 0 Å². The van der Waals surface area contributed by atoms with Crippen molar-refractivity contribution in [2.45, 2.75) is 6.04 Å². The molecule has 1 aromatic heterocycles. The summed E-state index contributed by atoms with van der Waals surface area (Å²) in [5.41, 5.74) is 2.60. The first-order valence-corrected chi connectivity index (χ1v) is 8.69. The first kappa shape index (κ1) is 18.7. The van der Waals surface area contributed by atoms with Crippen LogP contribution in [0.1, 0.15) is 22.2 Å². The van der Waals surface area contributed by atoms with Crippen LogP contribution >= 0.6 is 0 Å². The fourth-order valence-electron chi connectivity index (χ4n) is 2.85. The van der Waals surface area contributed by atoms with Gasteiger partial charge in [-0.1, -0.05) is 47.6 Å². The van der Waals surface area contributed by atoms with Crippen molar-refractivity contribution in [2.75, 3.05) is 27.7 Å². The normalized spacial score (nSPS) is 12.0. The molecule has 1 amide bonds. The molecule has 6 nitrogen and oxygen atoms in total. The highest BCUT2D eigenvalue weighted by Gasteiger charge is 2.19. The molecule has 0 spiro atoms. The summed E-state index contributed by atoms with van der Waals surface area (Å²) >= 11 is 0. The van der Waals surface area contributed by atoms with Crippen molar-refractivity contribution in [1.82, 2.24) is 15.4 Å². The number of methoxy groups -OCH3 is 1. The third kappa shape index (κ3) is 4.54. The summed E-state index contributed by atoms with van der Waals surface area (Å²) in [6.07, 6.45) is 0. The van der Waals surface area contributed by atoms with E-state index in [4.69, 9.17) is 9.26 Å². The monoisotopic (exact) mass is 365 g/mol. The average Bonchev–Trinajstić information content (AvgIpc) is 3.19. The molecule has 140 valence electrons. The predicted octanol–water partition coefficient (Wildman–Crippen LogP) is 3.38. The zero-order valence-corrected chi connectivity index (χ0v) is 15.7. The Morgan fingerprint density at radius 3 is 2.63 bits per heavy atom. The van der Waals surface area contributed by atoms with Gasteiger partial charge in [0.05, 0.1) is 13.2 Å². The van der Waals surface area contributed by atoms with Crippen LogP contribution in [0.2, 0.25) is 0 Å². The quantitative estimate of drug-likeness (QED) is 0.695. The first-order chi connectivity index (χ1) is 13.1. The van der Waals surface area contributed by atoms with Crippen molar-refractivity contribution in [3.63, 3.8) is 0 Å². The molecule has 6 heteroatoms. The first-order valence-electron chi connectivity index (χ1n) is 8.69. The van der Waals surface area contributed by atoms with Gasteiger partial charge in [0, 0.05) is 18.2 Å². The Morgan fingerprint density at radius 1 is 1.15 bits per heavy atom. The van der Waals surface area contributed by atoms with E-state index >= 15 is 0 Å². The summed E-state index contributed by atoms with van der Waals surface area (Å²) in [5, 5.41) is 6.91. The molecule has 3 aromatic rings. The largest absolute Gasteiger partial charge is 0.497 e. The number of hydrogen-bond donors (Lipinski definition) is 1.